The van der Waals surface area contributed by atoms with Gasteiger partial charge in [-0.1, -0.05) is 0 Å². The Bertz CT molecular complexity index is 512. The van der Waals surface area contributed by atoms with Crippen LogP contribution in [0.25, 0.3) is 0 Å². The van der Waals surface area contributed by atoms with Gasteiger partial charge in [-0.15, -0.1) is 0 Å². The van der Waals surface area contributed by atoms with Crippen molar-refractivity contribution in [2.45, 2.75) is 44.1 Å². The van der Waals surface area contributed by atoms with E-state index in [4.69, 9.17) is 9.47 Å². The van der Waals surface area contributed by atoms with E-state index in [2.05, 4.69) is 30.1 Å². The van der Waals surface area contributed by atoms with Crippen molar-refractivity contribution >= 4 is 0 Å². The minimum atomic E-state index is 0.537. The lowest BCUT2D eigenvalue weighted by molar-refractivity contribution is 0.257. The molecule has 3 aliphatic rings. The fraction of sp³-hybridized carbons (Fsp3) is 0.667. The molecular formula is C18H25NO2. The number of nitrogens with zero attached hydrogens (tertiary/aromatic N) is 1. The van der Waals surface area contributed by atoms with Gasteiger partial charge in [0.1, 0.15) is 11.5 Å². The van der Waals surface area contributed by atoms with Gasteiger partial charge in [0.15, 0.2) is 0 Å². The first-order valence-corrected chi connectivity index (χ1v) is 8.39. The highest BCUT2D eigenvalue weighted by atomic mass is 16.5. The molecule has 0 bridgehead atoms. The fourth-order valence-corrected chi connectivity index (χ4v) is 3.65. The monoisotopic (exact) mass is 287 g/mol. The van der Waals surface area contributed by atoms with E-state index >= 15 is 0 Å². The average Bonchev–Trinajstić information content (AvgIpc) is 3.13. The van der Waals surface area contributed by atoms with Crippen LogP contribution in [-0.4, -0.2) is 37.7 Å². The van der Waals surface area contributed by atoms with Crippen molar-refractivity contribution in [2.75, 3.05) is 26.8 Å². The normalized spacial score (nSPS) is 28.4. The summed E-state index contributed by atoms with van der Waals surface area (Å²) in [4.78, 5) is 2.51. The van der Waals surface area contributed by atoms with Crippen LogP contribution in [0.5, 0.6) is 11.5 Å². The molecule has 0 N–H and O–H groups in total. The van der Waals surface area contributed by atoms with Gasteiger partial charge in [0.05, 0.1) is 13.2 Å². The molecule has 2 fully saturated rings. The standard InChI is InChI=1S/C18H25NO2/c1-19-8-2-3-15(19)9-14-12-21-18-7-6-16(10-17(14)18)20-11-13-4-5-13/h6-7,10,13-15H,2-5,8-9,11-12H2,1H3/t14?,15-/m1/s1. The Morgan fingerprint density at radius 3 is 2.95 bits per heavy atom. The molecular weight excluding hydrogens is 262 g/mol. The summed E-state index contributed by atoms with van der Waals surface area (Å²) >= 11 is 0. The summed E-state index contributed by atoms with van der Waals surface area (Å²) in [7, 11) is 2.25. The van der Waals surface area contributed by atoms with Gasteiger partial charge >= 0.3 is 0 Å². The van der Waals surface area contributed by atoms with Crippen LogP contribution in [0.15, 0.2) is 18.2 Å². The number of hydrogen-bond donors (Lipinski definition) is 0. The average molecular weight is 287 g/mol. The minimum Gasteiger partial charge on any atom is -0.493 e. The first-order chi connectivity index (χ1) is 10.3. The van der Waals surface area contributed by atoms with E-state index in [1.165, 1.54) is 44.2 Å². The Morgan fingerprint density at radius 2 is 2.19 bits per heavy atom. The summed E-state index contributed by atoms with van der Waals surface area (Å²) in [5.74, 6) is 3.43. The Labute approximate surface area is 127 Å². The number of ether oxygens (including phenoxy) is 2. The zero-order valence-electron chi connectivity index (χ0n) is 12.9. The van der Waals surface area contributed by atoms with Crippen molar-refractivity contribution in [3.8, 4) is 11.5 Å². The molecule has 2 aliphatic heterocycles. The van der Waals surface area contributed by atoms with Crippen LogP contribution >= 0.6 is 0 Å². The zero-order chi connectivity index (χ0) is 14.2. The third-order valence-corrected chi connectivity index (χ3v) is 5.27. The van der Waals surface area contributed by atoms with E-state index in [1.54, 1.807) is 0 Å². The van der Waals surface area contributed by atoms with E-state index in [0.29, 0.717) is 5.92 Å². The van der Waals surface area contributed by atoms with Gasteiger partial charge in [-0.05, 0) is 69.8 Å². The number of likely N-dealkylation sites (tertiary alicyclic amines) is 1. The first kappa shape index (κ1) is 13.4. The molecule has 1 aliphatic carbocycles. The summed E-state index contributed by atoms with van der Waals surface area (Å²) in [5.41, 5.74) is 1.36. The first-order valence-electron chi connectivity index (χ1n) is 8.39. The summed E-state index contributed by atoms with van der Waals surface area (Å²) in [6, 6.07) is 7.10. The highest BCUT2D eigenvalue weighted by molar-refractivity contribution is 5.45. The number of hydrogen-bond acceptors (Lipinski definition) is 3. The molecule has 2 atom stereocenters. The topological polar surface area (TPSA) is 21.7 Å². The van der Waals surface area contributed by atoms with Crippen molar-refractivity contribution in [2.24, 2.45) is 5.92 Å². The smallest absolute Gasteiger partial charge is 0.123 e. The quantitative estimate of drug-likeness (QED) is 0.828. The summed E-state index contributed by atoms with van der Waals surface area (Å²) < 4.78 is 11.8. The van der Waals surface area contributed by atoms with Crippen molar-refractivity contribution in [1.82, 2.24) is 4.90 Å². The van der Waals surface area contributed by atoms with Crippen molar-refractivity contribution < 1.29 is 9.47 Å². The van der Waals surface area contributed by atoms with Crippen LogP contribution in [0.4, 0.5) is 0 Å². The van der Waals surface area contributed by atoms with Crippen LogP contribution in [0, 0.1) is 5.92 Å². The molecule has 1 saturated heterocycles. The molecule has 0 amide bonds. The second-order valence-corrected chi connectivity index (χ2v) is 6.97. The third kappa shape index (κ3) is 2.89. The molecule has 1 aromatic rings. The van der Waals surface area contributed by atoms with Crippen LogP contribution in [0.3, 0.4) is 0 Å². The minimum absolute atomic E-state index is 0.537. The van der Waals surface area contributed by atoms with Crippen molar-refractivity contribution in [3.63, 3.8) is 0 Å². The Kier molecular flexibility index (Phi) is 3.54. The van der Waals surface area contributed by atoms with Gasteiger partial charge in [0.25, 0.3) is 0 Å². The molecule has 21 heavy (non-hydrogen) atoms. The van der Waals surface area contributed by atoms with E-state index < -0.39 is 0 Å². The Morgan fingerprint density at radius 1 is 1.29 bits per heavy atom. The van der Waals surface area contributed by atoms with Gasteiger partial charge < -0.3 is 14.4 Å². The zero-order valence-corrected chi connectivity index (χ0v) is 12.9. The number of benzene rings is 1. The summed E-state index contributed by atoms with van der Waals surface area (Å²) in [6.45, 7) is 2.97. The van der Waals surface area contributed by atoms with E-state index in [-0.39, 0.29) is 0 Å². The molecule has 0 radical (unpaired) electrons. The van der Waals surface area contributed by atoms with Crippen LogP contribution in [-0.2, 0) is 0 Å². The van der Waals surface area contributed by atoms with Crippen LogP contribution in [0.2, 0.25) is 0 Å². The number of fused-ring (bicyclic) bond motifs is 1. The Balaban J connectivity index is 1.45. The van der Waals surface area contributed by atoms with Gasteiger partial charge in [-0.3, -0.25) is 0 Å². The van der Waals surface area contributed by atoms with Crippen molar-refractivity contribution in [1.29, 1.82) is 0 Å². The predicted molar refractivity (Wildman–Crippen MR) is 83.2 cm³/mol. The third-order valence-electron chi connectivity index (χ3n) is 5.27. The summed E-state index contributed by atoms with van der Waals surface area (Å²) in [6.07, 6.45) is 6.57. The maximum Gasteiger partial charge on any atom is 0.123 e. The second kappa shape index (κ2) is 5.53. The molecule has 1 unspecified atom stereocenters. The lowest BCUT2D eigenvalue weighted by atomic mass is 9.93. The Hall–Kier alpha value is -1.22. The lowest BCUT2D eigenvalue weighted by Gasteiger charge is -2.22. The molecule has 2 heterocycles. The van der Waals surface area contributed by atoms with Crippen LogP contribution < -0.4 is 9.47 Å². The van der Waals surface area contributed by atoms with Crippen LogP contribution in [0.1, 0.15) is 43.6 Å². The molecule has 3 nitrogen and oxygen atoms in total. The van der Waals surface area contributed by atoms with Gasteiger partial charge in [-0.25, -0.2) is 0 Å². The van der Waals surface area contributed by atoms with E-state index in [9.17, 15) is 0 Å². The second-order valence-electron chi connectivity index (χ2n) is 6.97. The largest absolute Gasteiger partial charge is 0.493 e. The molecule has 3 heteroatoms. The van der Waals surface area contributed by atoms with Gasteiger partial charge in [0, 0.05) is 17.5 Å². The van der Waals surface area contributed by atoms with Gasteiger partial charge in [0.2, 0.25) is 0 Å². The maximum absolute atomic E-state index is 5.93. The number of rotatable bonds is 5. The highest BCUT2D eigenvalue weighted by Crippen LogP contribution is 2.40. The highest BCUT2D eigenvalue weighted by Gasteiger charge is 2.31. The van der Waals surface area contributed by atoms with E-state index in [1.807, 2.05) is 0 Å². The van der Waals surface area contributed by atoms with E-state index in [0.717, 1.165) is 36.7 Å². The fourth-order valence-electron chi connectivity index (χ4n) is 3.65. The molecule has 0 spiro atoms. The molecule has 4 rings (SSSR count). The SMILES string of the molecule is CN1CCC[C@@H]1CC1COc2ccc(OCC3CC3)cc21. The van der Waals surface area contributed by atoms with Gasteiger partial charge in [-0.2, -0.15) is 0 Å². The summed E-state index contributed by atoms with van der Waals surface area (Å²) in [5, 5.41) is 0. The predicted octanol–water partition coefficient (Wildman–Crippen LogP) is 3.44. The molecule has 114 valence electrons. The molecule has 1 aromatic carbocycles. The molecule has 0 aromatic heterocycles. The lowest BCUT2D eigenvalue weighted by Crippen LogP contribution is -2.27. The maximum atomic E-state index is 5.93. The van der Waals surface area contributed by atoms with Crippen molar-refractivity contribution in [3.05, 3.63) is 23.8 Å². The molecule has 1 saturated carbocycles.